The molecule has 1 aromatic rings. The molecule has 6 heteroatoms. The zero-order valence-electron chi connectivity index (χ0n) is 9.19. The van der Waals surface area contributed by atoms with Crippen LogP contribution in [0.1, 0.15) is 12.0 Å². The minimum Gasteiger partial charge on any atom is -0.316 e. The molecule has 0 amide bonds. The van der Waals surface area contributed by atoms with Crippen molar-refractivity contribution in [2.75, 3.05) is 19.6 Å². The first-order chi connectivity index (χ1) is 7.59. The van der Waals surface area contributed by atoms with Crippen LogP contribution in [0.2, 0.25) is 0 Å². The van der Waals surface area contributed by atoms with Gasteiger partial charge in [-0.1, -0.05) is 0 Å². The first-order valence-corrected chi connectivity index (χ1v) is 7.70. The van der Waals surface area contributed by atoms with Crippen molar-refractivity contribution in [3.8, 4) is 0 Å². The fraction of sp³-hybridized carbons (Fsp3) is 0.600. The third-order valence-electron chi connectivity index (χ3n) is 2.78. The number of aryl methyl sites for hydroxylation is 1. The Kier molecular flexibility index (Phi) is 3.63. The minimum atomic E-state index is -3.29. The Labute approximate surface area is 100 Å². The third-order valence-corrected chi connectivity index (χ3v) is 5.90. The van der Waals surface area contributed by atoms with E-state index in [1.807, 2.05) is 13.0 Å². The van der Waals surface area contributed by atoms with Crippen molar-refractivity contribution in [3.63, 3.8) is 0 Å². The van der Waals surface area contributed by atoms with Crippen LogP contribution in [0.4, 0.5) is 0 Å². The smallest absolute Gasteiger partial charge is 0.250 e. The van der Waals surface area contributed by atoms with E-state index in [2.05, 4.69) is 10.0 Å². The summed E-state index contributed by atoms with van der Waals surface area (Å²) in [4.78, 5) is 0. The van der Waals surface area contributed by atoms with Gasteiger partial charge in [-0.2, -0.15) is 0 Å². The van der Waals surface area contributed by atoms with Crippen LogP contribution in [0.3, 0.4) is 0 Å². The highest BCUT2D eigenvalue weighted by atomic mass is 32.2. The molecule has 90 valence electrons. The van der Waals surface area contributed by atoms with Crippen LogP contribution in [0.5, 0.6) is 0 Å². The molecule has 2 N–H and O–H groups in total. The molecule has 1 atom stereocenters. The highest BCUT2D eigenvalue weighted by molar-refractivity contribution is 7.91. The van der Waals surface area contributed by atoms with Crippen LogP contribution in [0, 0.1) is 12.8 Å². The number of nitrogens with one attached hydrogen (secondary N) is 2. The molecule has 0 spiro atoms. The van der Waals surface area contributed by atoms with E-state index in [-0.39, 0.29) is 0 Å². The lowest BCUT2D eigenvalue weighted by molar-refractivity contribution is 0.539. The molecule has 0 radical (unpaired) electrons. The molecule has 0 bridgehead atoms. The summed E-state index contributed by atoms with van der Waals surface area (Å²) in [5.74, 6) is 0.426. The van der Waals surface area contributed by atoms with E-state index >= 15 is 0 Å². The molecule has 1 aromatic heterocycles. The number of sulfonamides is 1. The Bertz CT molecular complexity index is 447. The molecule has 2 rings (SSSR count). The predicted octanol–water partition coefficient (Wildman–Crippen LogP) is 0.944. The van der Waals surface area contributed by atoms with Crippen molar-refractivity contribution in [2.45, 2.75) is 17.6 Å². The Morgan fingerprint density at radius 2 is 2.44 bits per heavy atom. The lowest BCUT2D eigenvalue weighted by Gasteiger charge is -2.10. The Balaban J connectivity index is 2.00. The van der Waals surface area contributed by atoms with Gasteiger partial charge in [0.25, 0.3) is 0 Å². The standard InChI is InChI=1S/C10H16N2O2S2/c1-8-3-5-15-10(8)16(13,14)12-7-9-2-4-11-6-9/h3,5,9,11-12H,2,4,6-7H2,1H3. The van der Waals surface area contributed by atoms with Crippen LogP contribution in [0.15, 0.2) is 15.7 Å². The Morgan fingerprint density at radius 1 is 1.62 bits per heavy atom. The quantitative estimate of drug-likeness (QED) is 0.847. The molecule has 1 fully saturated rings. The lowest BCUT2D eigenvalue weighted by atomic mass is 10.1. The SMILES string of the molecule is Cc1ccsc1S(=O)(=O)NCC1CCNC1. The third kappa shape index (κ3) is 2.63. The second kappa shape index (κ2) is 4.83. The van der Waals surface area contributed by atoms with Gasteiger partial charge in [-0.15, -0.1) is 11.3 Å². The van der Waals surface area contributed by atoms with Crippen molar-refractivity contribution >= 4 is 21.4 Å². The van der Waals surface area contributed by atoms with Gasteiger partial charge in [-0.05, 0) is 49.4 Å². The van der Waals surface area contributed by atoms with Gasteiger partial charge in [-0.3, -0.25) is 0 Å². The number of thiophene rings is 1. The molecule has 16 heavy (non-hydrogen) atoms. The lowest BCUT2D eigenvalue weighted by Crippen LogP contribution is -2.30. The van der Waals surface area contributed by atoms with Gasteiger partial charge in [0.15, 0.2) is 0 Å². The normalized spacial score (nSPS) is 21.4. The fourth-order valence-corrected chi connectivity index (χ4v) is 4.39. The zero-order chi connectivity index (χ0) is 11.6. The molecular weight excluding hydrogens is 244 g/mol. The molecule has 4 nitrogen and oxygen atoms in total. The summed E-state index contributed by atoms with van der Waals surface area (Å²) in [6, 6.07) is 1.83. The van der Waals surface area contributed by atoms with Gasteiger partial charge >= 0.3 is 0 Å². The topological polar surface area (TPSA) is 58.2 Å². The predicted molar refractivity (Wildman–Crippen MR) is 65.2 cm³/mol. The second-order valence-corrected chi connectivity index (χ2v) is 6.98. The fourth-order valence-electron chi connectivity index (χ4n) is 1.82. The van der Waals surface area contributed by atoms with Gasteiger partial charge < -0.3 is 5.32 Å². The maximum atomic E-state index is 11.9. The molecule has 0 aliphatic carbocycles. The Morgan fingerprint density at radius 3 is 3.00 bits per heavy atom. The monoisotopic (exact) mass is 260 g/mol. The summed E-state index contributed by atoms with van der Waals surface area (Å²) in [6.07, 6.45) is 1.05. The van der Waals surface area contributed by atoms with Gasteiger partial charge in [0.1, 0.15) is 4.21 Å². The summed E-state index contributed by atoms with van der Waals surface area (Å²) >= 11 is 1.27. The van der Waals surface area contributed by atoms with Crippen LogP contribution in [-0.2, 0) is 10.0 Å². The minimum absolute atomic E-state index is 0.426. The van der Waals surface area contributed by atoms with Gasteiger partial charge in [0.05, 0.1) is 0 Å². The second-order valence-electron chi connectivity index (χ2n) is 4.10. The molecule has 1 aliphatic heterocycles. The van der Waals surface area contributed by atoms with E-state index in [1.165, 1.54) is 11.3 Å². The summed E-state index contributed by atoms with van der Waals surface area (Å²) in [5, 5.41) is 5.03. The van der Waals surface area contributed by atoms with Gasteiger partial charge in [-0.25, -0.2) is 13.1 Å². The van der Waals surface area contributed by atoms with Crippen LogP contribution < -0.4 is 10.0 Å². The summed E-state index contributed by atoms with van der Waals surface area (Å²) in [6.45, 7) is 4.26. The molecule has 2 heterocycles. The van der Waals surface area contributed by atoms with E-state index in [0.29, 0.717) is 16.7 Å². The van der Waals surface area contributed by atoms with Crippen molar-refractivity contribution in [3.05, 3.63) is 17.0 Å². The number of hydrogen-bond acceptors (Lipinski definition) is 4. The van der Waals surface area contributed by atoms with Gasteiger partial charge in [0, 0.05) is 6.54 Å². The molecule has 1 aliphatic rings. The molecule has 0 saturated carbocycles. The van der Waals surface area contributed by atoms with E-state index in [4.69, 9.17) is 0 Å². The maximum absolute atomic E-state index is 11.9. The van der Waals surface area contributed by atoms with Crippen molar-refractivity contribution in [1.29, 1.82) is 0 Å². The zero-order valence-corrected chi connectivity index (χ0v) is 10.8. The van der Waals surface area contributed by atoms with Crippen molar-refractivity contribution in [2.24, 2.45) is 5.92 Å². The molecule has 0 aromatic carbocycles. The van der Waals surface area contributed by atoms with E-state index in [1.54, 1.807) is 5.38 Å². The number of hydrogen-bond donors (Lipinski definition) is 2. The Hall–Kier alpha value is -0.430. The van der Waals surface area contributed by atoms with Crippen LogP contribution >= 0.6 is 11.3 Å². The van der Waals surface area contributed by atoms with Crippen LogP contribution in [-0.4, -0.2) is 28.1 Å². The largest absolute Gasteiger partial charge is 0.316 e. The summed E-state index contributed by atoms with van der Waals surface area (Å²) < 4.78 is 27.0. The average molecular weight is 260 g/mol. The maximum Gasteiger partial charge on any atom is 0.250 e. The molecule has 1 saturated heterocycles. The van der Waals surface area contributed by atoms with Crippen LogP contribution in [0.25, 0.3) is 0 Å². The van der Waals surface area contributed by atoms with Crippen molar-refractivity contribution in [1.82, 2.24) is 10.0 Å². The van der Waals surface area contributed by atoms with E-state index in [0.717, 1.165) is 25.1 Å². The molecule has 1 unspecified atom stereocenters. The number of rotatable bonds is 4. The first kappa shape index (κ1) is 12.0. The highest BCUT2D eigenvalue weighted by Crippen LogP contribution is 2.21. The van der Waals surface area contributed by atoms with E-state index in [9.17, 15) is 8.42 Å². The molecular formula is C10H16N2O2S2. The first-order valence-electron chi connectivity index (χ1n) is 5.34. The summed E-state index contributed by atoms with van der Waals surface area (Å²) in [7, 11) is -3.29. The average Bonchev–Trinajstić information content (AvgIpc) is 2.85. The van der Waals surface area contributed by atoms with Crippen molar-refractivity contribution < 1.29 is 8.42 Å². The van der Waals surface area contributed by atoms with Gasteiger partial charge in [0.2, 0.25) is 10.0 Å². The summed E-state index contributed by atoms with van der Waals surface area (Å²) in [5.41, 5.74) is 0.821. The highest BCUT2D eigenvalue weighted by Gasteiger charge is 2.21. The van der Waals surface area contributed by atoms with E-state index < -0.39 is 10.0 Å².